The van der Waals surface area contributed by atoms with E-state index in [0.29, 0.717) is 0 Å². The lowest BCUT2D eigenvalue weighted by Crippen LogP contribution is -1.92. The Kier molecular flexibility index (Phi) is 1.01. The van der Waals surface area contributed by atoms with E-state index in [-0.39, 0.29) is 0 Å². The molecule has 0 bridgehead atoms. The quantitative estimate of drug-likeness (QED) is 0.606. The number of fused-ring (bicyclic) bond motifs is 2. The van der Waals surface area contributed by atoms with Crippen molar-refractivity contribution in [1.29, 1.82) is 0 Å². The van der Waals surface area contributed by atoms with E-state index in [1.165, 1.54) is 22.4 Å². The predicted octanol–water partition coefficient (Wildman–Crippen LogP) is 2.38. The maximum Gasteiger partial charge on any atom is 0.0234 e. The van der Waals surface area contributed by atoms with Gasteiger partial charge in [-0.3, -0.25) is 0 Å². The largest absolute Gasteiger partial charge is 0.364 e. The van der Waals surface area contributed by atoms with Gasteiger partial charge in [-0.25, -0.2) is 0 Å². The van der Waals surface area contributed by atoms with Crippen molar-refractivity contribution < 1.29 is 0 Å². The summed E-state index contributed by atoms with van der Waals surface area (Å²) in [5.74, 6) is 0. The van der Waals surface area contributed by atoms with E-state index >= 15 is 0 Å². The molecule has 2 aliphatic rings. The highest BCUT2D eigenvalue weighted by atomic mass is 14.9. The summed E-state index contributed by atoms with van der Waals surface area (Å²) in [6.45, 7) is 0. The van der Waals surface area contributed by atoms with Gasteiger partial charge in [0.25, 0.3) is 0 Å². The van der Waals surface area contributed by atoms with E-state index in [1.807, 2.05) is 6.20 Å². The molecular weight excluding hydrogens is 146 g/mol. The molecule has 1 aromatic rings. The molecule has 1 heterocycles. The van der Waals surface area contributed by atoms with Crippen LogP contribution in [0.3, 0.4) is 0 Å². The zero-order chi connectivity index (χ0) is 7.97. The fraction of sp³-hybridized carbons (Fsp3) is 0.0909. The topological polar surface area (TPSA) is 12.0 Å². The van der Waals surface area contributed by atoms with E-state index in [4.69, 9.17) is 0 Å². The number of allylic oxidation sites excluding steroid dienone is 2. The summed E-state index contributed by atoms with van der Waals surface area (Å²) in [7, 11) is 0. The predicted molar refractivity (Wildman–Crippen MR) is 50.1 cm³/mol. The molecule has 1 aliphatic heterocycles. The Hall–Kier alpha value is -1.50. The van der Waals surface area contributed by atoms with Crippen LogP contribution >= 0.6 is 0 Å². The summed E-state index contributed by atoms with van der Waals surface area (Å²) in [5, 5.41) is 3.26. The van der Waals surface area contributed by atoms with Crippen LogP contribution in [0.15, 0.2) is 36.2 Å². The highest BCUT2D eigenvalue weighted by molar-refractivity contribution is 5.87. The second-order valence-electron chi connectivity index (χ2n) is 3.20. The molecule has 3 rings (SSSR count). The molecule has 1 heteroatoms. The van der Waals surface area contributed by atoms with Crippen LogP contribution in [0.25, 0.3) is 11.6 Å². The maximum absolute atomic E-state index is 3.26. The van der Waals surface area contributed by atoms with Crippen molar-refractivity contribution in [2.75, 3.05) is 0 Å². The molecule has 0 amide bonds. The van der Waals surface area contributed by atoms with Crippen molar-refractivity contribution in [3.8, 4) is 0 Å². The molecular formula is C11H9N. The first-order valence-corrected chi connectivity index (χ1v) is 4.20. The standard InChI is InChI=1S/C11H9N/c1-2-4-9-8(3-1)5-6-12-11-7-10(9)11/h1-6,12H,7H2. The van der Waals surface area contributed by atoms with Crippen molar-refractivity contribution in [1.82, 2.24) is 5.32 Å². The number of nitrogens with one attached hydrogen (secondary N) is 1. The normalized spacial score (nSPS) is 17.7. The van der Waals surface area contributed by atoms with Crippen molar-refractivity contribution in [2.24, 2.45) is 0 Å². The second-order valence-corrected chi connectivity index (χ2v) is 3.20. The van der Waals surface area contributed by atoms with Gasteiger partial charge in [-0.2, -0.15) is 0 Å². The molecule has 0 spiro atoms. The van der Waals surface area contributed by atoms with E-state index in [2.05, 4.69) is 35.7 Å². The molecule has 0 unspecified atom stereocenters. The van der Waals surface area contributed by atoms with Gasteiger partial charge in [-0.05, 0) is 22.8 Å². The van der Waals surface area contributed by atoms with Crippen LogP contribution in [0.2, 0.25) is 0 Å². The third-order valence-corrected chi connectivity index (χ3v) is 2.40. The van der Waals surface area contributed by atoms with Crippen molar-refractivity contribution in [2.45, 2.75) is 6.42 Å². The number of rotatable bonds is 0. The molecule has 1 aliphatic carbocycles. The van der Waals surface area contributed by atoms with Gasteiger partial charge in [0.05, 0.1) is 0 Å². The van der Waals surface area contributed by atoms with Crippen LogP contribution in [0.4, 0.5) is 0 Å². The Balaban J connectivity index is 2.27. The van der Waals surface area contributed by atoms with Crippen molar-refractivity contribution >= 4 is 11.6 Å². The Morgan fingerprint density at radius 1 is 1.17 bits per heavy atom. The van der Waals surface area contributed by atoms with E-state index in [9.17, 15) is 0 Å². The molecule has 58 valence electrons. The Labute approximate surface area is 71.4 Å². The Bertz CT molecular complexity index is 399. The van der Waals surface area contributed by atoms with Crippen LogP contribution in [0.1, 0.15) is 17.5 Å². The fourth-order valence-corrected chi connectivity index (χ4v) is 1.68. The summed E-state index contributed by atoms with van der Waals surface area (Å²) >= 11 is 0. The molecule has 0 atom stereocenters. The zero-order valence-electron chi connectivity index (χ0n) is 6.67. The van der Waals surface area contributed by atoms with Crippen LogP contribution in [0, 0.1) is 0 Å². The first kappa shape index (κ1) is 6.06. The molecule has 0 saturated carbocycles. The van der Waals surface area contributed by atoms with E-state index in [0.717, 1.165) is 6.42 Å². The number of benzene rings is 1. The van der Waals surface area contributed by atoms with Gasteiger partial charge in [0.1, 0.15) is 0 Å². The SMILES string of the molecule is C1=Cc2ccccc2C2=C(C2)N1. The average Bonchev–Trinajstić information content (AvgIpc) is 2.82. The van der Waals surface area contributed by atoms with Crippen molar-refractivity contribution in [3.63, 3.8) is 0 Å². The van der Waals surface area contributed by atoms with Gasteiger partial charge in [0.15, 0.2) is 0 Å². The molecule has 0 aromatic heterocycles. The monoisotopic (exact) mass is 155 g/mol. The summed E-state index contributed by atoms with van der Waals surface area (Å²) in [6, 6.07) is 8.52. The van der Waals surface area contributed by atoms with Crippen LogP contribution in [0.5, 0.6) is 0 Å². The molecule has 0 fully saturated rings. The third-order valence-electron chi connectivity index (χ3n) is 2.40. The van der Waals surface area contributed by atoms with E-state index in [1.54, 1.807) is 0 Å². The first-order chi connectivity index (χ1) is 5.95. The van der Waals surface area contributed by atoms with E-state index < -0.39 is 0 Å². The molecule has 12 heavy (non-hydrogen) atoms. The lowest BCUT2D eigenvalue weighted by molar-refractivity contribution is 1.12. The Morgan fingerprint density at radius 3 is 3.08 bits per heavy atom. The molecule has 1 nitrogen and oxygen atoms in total. The number of hydrogen-bond acceptors (Lipinski definition) is 1. The van der Waals surface area contributed by atoms with Gasteiger partial charge in [-0.1, -0.05) is 24.3 Å². The zero-order valence-corrected chi connectivity index (χ0v) is 6.67. The lowest BCUT2D eigenvalue weighted by atomic mass is 10.1. The molecule has 1 aromatic carbocycles. The smallest absolute Gasteiger partial charge is 0.0234 e. The van der Waals surface area contributed by atoms with Gasteiger partial charge >= 0.3 is 0 Å². The summed E-state index contributed by atoms with van der Waals surface area (Å²) in [5.41, 5.74) is 5.59. The third kappa shape index (κ3) is 0.735. The second kappa shape index (κ2) is 2.01. The minimum atomic E-state index is 1.14. The minimum absolute atomic E-state index is 1.14. The highest BCUT2D eigenvalue weighted by Gasteiger charge is 2.24. The van der Waals surface area contributed by atoms with Crippen LogP contribution in [-0.2, 0) is 0 Å². The van der Waals surface area contributed by atoms with Crippen LogP contribution < -0.4 is 5.32 Å². The summed E-state index contributed by atoms with van der Waals surface area (Å²) in [6.07, 6.45) is 5.29. The fourth-order valence-electron chi connectivity index (χ4n) is 1.68. The van der Waals surface area contributed by atoms with Crippen LogP contribution in [-0.4, -0.2) is 0 Å². The molecule has 1 N–H and O–H groups in total. The average molecular weight is 155 g/mol. The summed E-state index contributed by atoms with van der Waals surface area (Å²) in [4.78, 5) is 0. The molecule has 0 saturated heterocycles. The number of hydrogen-bond donors (Lipinski definition) is 1. The van der Waals surface area contributed by atoms with Crippen molar-refractivity contribution in [3.05, 3.63) is 47.3 Å². The lowest BCUT2D eigenvalue weighted by Gasteiger charge is -1.99. The Morgan fingerprint density at radius 2 is 2.08 bits per heavy atom. The van der Waals surface area contributed by atoms with Gasteiger partial charge in [0, 0.05) is 18.3 Å². The molecule has 0 radical (unpaired) electrons. The first-order valence-electron chi connectivity index (χ1n) is 4.20. The van der Waals surface area contributed by atoms with Gasteiger partial charge in [0.2, 0.25) is 0 Å². The minimum Gasteiger partial charge on any atom is -0.364 e. The van der Waals surface area contributed by atoms with Gasteiger partial charge < -0.3 is 5.32 Å². The van der Waals surface area contributed by atoms with Gasteiger partial charge in [-0.15, -0.1) is 0 Å². The summed E-state index contributed by atoms with van der Waals surface area (Å²) < 4.78 is 0. The highest BCUT2D eigenvalue weighted by Crippen LogP contribution is 2.41. The maximum atomic E-state index is 3.26.